The Bertz CT molecular complexity index is 592. The van der Waals surface area contributed by atoms with Crippen LogP contribution in [0.2, 0.25) is 0 Å². The third kappa shape index (κ3) is 4.67. The van der Waals surface area contributed by atoms with Gasteiger partial charge in [0.05, 0.1) is 16.0 Å². The summed E-state index contributed by atoms with van der Waals surface area (Å²) in [7, 11) is -1.53. The van der Waals surface area contributed by atoms with E-state index in [0.717, 1.165) is 13.0 Å². The number of hydrogen-bond donors (Lipinski definition) is 1. The van der Waals surface area contributed by atoms with Gasteiger partial charge in [0, 0.05) is 6.04 Å². The normalized spacial score (nSPS) is 20.4. The zero-order valence-corrected chi connectivity index (χ0v) is 14.5. The summed E-state index contributed by atoms with van der Waals surface area (Å²) in [5.41, 5.74) is 0. The molecule has 118 valence electrons. The molecule has 1 unspecified atom stereocenters. The topological polar surface area (TPSA) is 72.6 Å². The minimum absolute atomic E-state index is 0.0775. The quantitative estimate of drug-likeness (QED) is 0.855. The Morgan fingerprint density at radius 2 is 2.19 bits per heavy atom. The second kappa shape index (κ2) is 7.09. The number of nitrogens with zero attached hydrogens (tertiary/aromatic N) is 1. The third-order valence-electron chi connectivity index (χ3n) is 3.86. The van der Waals surface area contributed by atoms with Gasteiger partial charge in [-0.05, 0) is 67.0 Å². The smallest absolute Gasteiger partial charge is 0.238 e. The molecule has 1 fully saturated rings. The summed E-state index contributed by atoms with van der Waals surface area (Å²) in [6.45, 7) is 1.76. The maximum Gasteiger partial charge on any atom is 0.238 e. The predicted octanol–water partition coefficient (Wildman–Crippen LogP) is 2.35. The van der Waals surface area contributed by atoms with Gasteiger partial charge in [-0.1, -0.05) is 6.42 Å². The number of benzene rings is 1. The highest BCUT2D eigenvalue weighted by Gasteiger charge is 2.18. The van der Waals surface area contributed by atoms with Crippen molar-refractivity contribution in [1.29, 1.82) is 0 Å². The SMILES string of the molecule is CN1CCCCC1CCOc1ccc(S(N)(=O)=O)cc1Br. The molecular formula is C14H21BrN2O3S. The molecular weight excluding hydrogens is 356 g/mol. The molecule has 7 heteroatoms. The summed E-state index contributed by atoms with van der Waals surface area (Å²) in [5.74, 6) is 0.640. The summed E-state index contributed by atoms with van der Waals surface area (Å²) in [6.07, 6.45) is 4.74. The number of halogens is 1. The van der Waals surface area contributed by atoms with Crippen LogP contribution >= 0.6 is 15.9 Å². The number of rotatable bonds is 5. The van der Waals surface area contributed by atoms with Crippen molar-refractivity contribution < 1.29 is 13.2 Å². The van der Waals surface area contributed by atoms with Gasteiger partial charge in [-0.2, -0.15) is 0 Å². The van der Waals surface area contributed by atoms with E-state index in [9.17, 15) is 8.42 Å². The Kier molecular flexibility index (Phi) is 5.65. The van der Waals surface area contributed by atoms with Crippen molar-refractivity contribution in [3.05, 3.63) is 22.7 Å². The molecule has 1 atom stereocenters. The van der Waals surface area contributed by atoms with Crippen LogP contribution in [0, 0.1) is 0 Å². The monoisotopic (exact) mass is 376 g/mol. The molecule has 5 nitrogen and oxygen atoms in total. The van der Waals surface area contributed by atoms with Crippen LogP contribution in [0.1, 0.15) is 25.7 Å². The van der Waals surface area contributed by atoms with E-state index >= 15 is 0 Å². The van der Waals surface area contributed by atoms with Gasteiger partial charge in [-0.15, -0.1) is 0 Å². The molecule has 2 rings (SSSR count). The van der Waals surface area contributed by atoms with Crippen molar-refractivity contribution in [3.8, 4) is 5.75 Å². The fourth-order valence-electron chi connectivity index (χ4n) is 2.59. The molecule has 0 aliphatic carbocycles. The molecule has 1 heterocycles. The molecule has 1 aromatic carbocycles. The highest BCUT2D eigenvalue weighted by molar-refractivity contribution is 9.10. The Balaban J connectivity index is 1.91. The van der Waals surface area contributed by atoms with Crippen LogP contribution in [-0.2, 0) is 10.0 Å². The maximum atomic E-state index is 11.3. The first-order valence-corrected chi connectivity index (χ1v) is 9.37. The van der Waals surface area contributed by atoms with Crippen molar-refractivity contribution in [2.45, 2.75) is 36.6 Å². The number of primary sulfonamides is 1. The standard InChI is InChI=1S/C14H21BrN2O3S/c1-17-8-3-2-4-11(17)7-9-20-14-6-5-12(10-13(14)15)21(16,18)19/h5-6,10-11H,2-4,7-9H2,1H3,(H2,16,18,19). The van der Waals surface area contributed by atoms with E-state index in [1.807, 2.05) is 0 Å². The van der Waals surface area contributed by atoms with Gasteiger partial charge >= 0.3 is 0 Å². The van der Waals surface area contributed by atoms with E-state index in [2.05, 4.69) is 27.9 Å². The van der Waals surface area contributed by atoms with E-state index in [1.54, 1.807) is 6.07 Å². The molecule has 2 N–H and O–H groups in total. The number of sulfonamides is 1. The van der Waals surface area contributed by atoms with Gasteiger partial charge in [0.1, 0.15) is 5.75 Å². The Labute approximate surface area is 134 Å². The van der Waals surface area contributed by atoms with Crippen LogP contribution < -0.4 is 9.88 Å². The van der Waals surface area contributed by atoms with Crippen molar-refractivity contribution in [2.75, 3.05) is 20.2 Å². The molecule has 0 spiro atoms. The average Bonchev–Trinajstić information content (AvgIpc) is 2.41. The molecule has 21 heavy (non-hydrogen) atoms. The van der Waals surface area contributed by atoms with E-state index < -0.39 is 10.0 Å². The number of nitrogens with two attached hydrogens (primary N) is 1. The van der Waals surface area contributed by atoms with Crippen molar-refractivity contribution in [2.24, 2.45) is 5.14 Å². The van der Waals surface area contributed by atoms with E-state index in [1.165, 1.54) is 31.4 Å². The van der Waals surface area contributed by atoms with Gasteiger partial charge in [-0.25, -0.2) is 13.6 Å². The number of ether oxygens (including phenoxy) is 1. The molecule has 0 saturated carbocycles. The predicted molar refractivity (Wildman–Crippen MR) is 85.9 cm³/mol. The lowest BCUT2D eigenvalue weighted by atomic mass is 10.0. The largest absolute Gasteiger partial charge is 0.492 e. The molecule has 1 saturated heterocycles. The van der Waals surface area contributed by atoms with Gasteiger partial charge in [0.15, 0.2) is 0 Å². The Morgan fingerprint density at radius 3 is 2.81 bits per heavy atom. The minimum Gasteiger partial charge on any atom is -0.492 e. The average molecular weight is 377 g/mol. The first kappa shape index (κ1) is 16.7. The zero-order chi connectivity index (χ0) is 15.5. The summed E-state index contributed by atoms with van der Waals surface area (Å²) < 4.78 is 28.9. The van der Waals surface area contributed by atoms with Crippen molar-refractivity contribution in [3.63, 3.8) is 0 Å². The van der Waals surface area contributed by atoms with Gasteiger partial charge in [-0.3, -0.25) is 0 Å². The molecule has 0 bridgehead atoms. The fourth-order valence-corrected chi connectivity index (χ4v) is 3.77. The lowest BCUT2D eigenvalue weighted by molar-refractivity contribution is 0.153. The molecule has 1 aliphatic rings. The second-order valence-electron chi connectivity index (χ2n) is 5.40. The molecule has 0 radical (unpaired) electrons. The van der Waals surface area contributed by atoms with E-state index in [4.69, 9.17) is 9.88 Å². The minimum atomic E-state index is -3.68. The van der Waals surface area contributed by atoms with Gasteiger partial charge in [0.2, 0.25) is 10.0 Å². The Morgan fingerprint density at radius 1 is 1.43 bits per heavy atom. The highest BCUT2D eigenvalue weighted by Crippen LogP contribution is 2.28. The van der Waals surface area contributed by atoms with Crippen LogP contribution in [0.4, 0.5) is 0 Å². The summed E-state index contributed by atoms with van der Waals surface area (Å²) in [5, 5.41) is 5.09. The van der Waals surface area contributed by atoms with Crippen LogP contribution in [0.5, 0.6) is 5.75 Å². The third-order valence-corrected chi connectivity index (χ3v) is 5.39. The maximum absolute atomic E-state index is 11.3. The molecule has 0 amide bonds. The Hall–Kier alpha value is -0.630. The van der Waals surface area contributed by atoms with Crippen LogP contribution in [0.15, 0.2) is 27.6 Å². The first-order valence-electron chi connectivity index (χ1n) is 7.03. The van der Waals surface area contributed by atoms with Crippen LogP contribution in [-0.4, -0.2) is 39.6 Å². The summed E-state index contributed by atoms with van der Waals surface area (Å²) >= 11 is 3.32. The molecule has 1 aromatic rings. The summed E-state index contributed by atoms with van der Waals surface area (Å²) in [4.78, 5) is 2.46. The summed E-state index contributed by atoms with van der Waals surface area (Å²) in [6, 6.07) is 5.13. The second-order valence-corrected chi connectivity index (χ2v) is 7.82. The number of piperidine rings is 1. The van der Waals surface area contributed by atoms with Gasteiger partial charge < -0.3 is 9.64 Å². The van der Waals surface area contributed by atoms with Crippen molar-refractivity contribution in [1.82, 2.24) is 4.90 Å². The van der Waals surface area contributed by atoms with Crippen LogP contribution in [0.25, 0.3) is 0 Å². The fraction of sp³-hybridized carbons (Fsp3) is 0.571. The van der Waals surface area contributed by atoms with E-state index in [-0.39, 0.29) is 4.90 Å². The van der Waals surface area contributed by atoms with Crippen molar-refractivity contribution >= 4 is 26.0 Å². The zero-order valence-electron chi connectivity index (χ0n) is 12.1. The van der Waals surface area contributed by atoms with Crippen LogP contribution in [0.3, 0.4) is 0 Å². The lowest BCUT2D eigenvalue weighted by Crippen LogP contribution is -2.37. The number of hydrogen-bond acceptors (Lipinski definition) is 4. The lowest BCUT2D eigenvalue weighted by Gasteiger charge is -2.32. The highest BCUT2D eigenvalue weighted by atomic mass is 79.9. The molecule has 1 aliphatic heterocycles. The van der Waals surface area contributed by atoms with Gasteiger partial charge in [0.25, 0.3) is 0 Å². The first-order chi connectivity index (χ1) is 9.88. The number of likely N-dealkylation sites (tertiary alicyclic amines) is 1. The molecule has 0 aromatic heterocycles. The van der Waals surface area contributed by atoms with E-state index in [0.29, 0.717) is 22.9 Å².